The molecule has 3 N–H and O–H groups in total. The standard InChI is InChI=1S/C11H12BrN3O2/c1-16-8-4-3-6(12)10(11(8)17-2)7-5-9(13)15-14-7/h3-5H,1-2H3,(H3,13,14,15). The number of nitrogen functional groups attached to an aromatic ring is 1. The van der Waals surface area contributed by atoms with Crippen LogP contribution in [0, 0.1) is 0 Å². The van der Waals surface area contributed by atoms with E-state index in [1.807, 2.05) is 12.1 Å². The fourth-order valence-corrected chi connectivity index (χ4v) is 2.14. The first-order chi connectivity index (χ1) is 8.17. The minimum Gasteiger partial charge on any atom is -0.493 e. The van der Waals surface area contributed by atoms with Crippen LogP contribution < -0.4 is 15.2 Å². The highest BCUT2D eigenvalue weighted by Gasteiger charge is 2.17. The van der Waals surface area contributed by atoms with Gasteiger partial charge in [-0.2, -0.15) is 5.10 Å². The van der Waals surface area contributed by atoms with Crippen LogP contribution in [-0.2, 0) is 0 Å². The number of methoxy groups -OCH3 is 2. The van der Waals surface area contributed by atoms with E-state index in [-0.39, 0.29) is 0 Å². The van der Waals surface area contributed by atoms with E-state index in [0.29, 0.717) is 17.3 Å². The summed E-state index contributed by atoms with van der Waals surface area (Å²) in [4.78, 5) is 0. The number of H-pyrrole nitrogens is 1. The quantitative estimate of drug-likeness (QED) is 0.913. The maximum Gasteiger partial charge on any atom is 0.171 e. The van der Waals surface area contributed by atoms with Crippen LogP contribution in [0.2, 0.25) is 0 Å². The lowest BCUT2D eigenvalue weighted by atomic mass is 10.1. The molecule has 0 fully saturated rings. The number of benzene rings is 1. The number of rotatable bonds is 3. The van der Waals surface area contributed by atoms with Gasteiger partial charge in [0.25, 0.3) is 0 Å². The molecule has 0 bridgehead atoms. The number of nitrogens with one attached hydrogen (secondary N) is 1. The number of nitrogens with zero attached hydrogens (tertiary/aromatic N) is 1. The summed E-state index contributed by atoms with van der Waals surface area (Å²) in [6.45, 7) is 0. The Morgan fingerprint density at radius 2 is 2.06 bits per heavy atom. The second-order valence-electron chi connectivity index (χ2n) is 3.36. The molecule has 6 heteroatoms. The largest absolute Gasteiger partial charge is 0.493 e. The zero-order chi connectivity index (χ0) is 12.4. The van der Waals surface area contributed by atoms with Crippen molar-refractivity contribution in [3.63, 3.8) is 0 Å². The molecule has 90 valence electrons. The van der Waals surface area contributed by atoms with Gasteiger partial charge in [0.15, 0.2) is 11.5 Å². The molecule has 1 aromatic heterocycles. The highest BCUT2D eigenvalue weighted by molar-refractivity contribution is 9.10. The highest BCUT2D eigenvalue weighted by atomic mass is 79.9. The van der Waals surface area contributed by atoms with Gasteiger partial charge >= 0.3 is 0 Å². The van der Waals surface area contributed by atoms with Crippen LogP contribution >= 0.6 is 15.9 Å². The van der Waals surface area contributed by atoms with Gasteiger partial charge in [-0.15, -0.1) is 0 Å². The Morgan fingerprint density at radius 1 is 1.29 bits per heavy atom. The van der Waals surface area contributed by atoms with Crippen molar-refractivity contribution in [2.75, 3.05) is 20.0 Å². The van der Waals surface area contributed by atoms with Gasteiger partial charge in [0.2, 0.25) is 0 Å². The third-order valence-corrected chi connectivity index (χ3v) is 3.02. The summed E-state index contributed by atoms with van der Waals surface area (Å²) >= 11 is 3.47. The molecule has 0 amide bonds. The Kier molecular flexibility index (Phi) is 3.23. The van der Waals surface area contributed by atoms with Gasteiger partial charge in [0.1, 0.15) is 5.82 Å². The molecular weight excluding hydrogens is 286 g/mol. The van der Waals surface area contributed by atoms with Gasteiger partial charge in [-0.25, -0.2) is 0 Å². The predicted molar refractivity (Wildman–Crippen MR) is 69.2 cm³/mol. The van der Waals surface area contributed by atoms with E-state index >= 15 is 0 Å². The van der Waals surface area contributed by atoms with E-state index in [9.17, 15) is 0 Å². The lowest BCUT2D eigenvalue weighted by molar-refractivity contribution is 0.356. The lowest BCUT2D eigenvalue weighted by Gasteiger charge is -2.13. The van der Waals surface area contributed by atoms with Crippen molar-refractivity contribution < 1.29 is 9.47 Å². The summed E-state index contributed by atoms with van der Waals surface area (Å²) in [6.07, 6.45) is 0. The van der Waals surface area contributed by atoms with Crippen molar-refractivity contribution in [3.8, 4) is 22.8 Å². The molecule has 0 saturated carbocycles. The van der Waals surface area contributed by atoms with Gasteiger partial charge in [0, 0.05) is 10.5 Å². The normalized spacial score (nSPS) is 10.3. The Morgan fingerprint density at radius 3 is 2.59 bits per heavy atom. The molecule has 1 aromatic carbocycles. The fourth-order valence-electron chi connectivity index (χ4n) is 1.62. The lowest BCUT2D eigenvalue weighted by Crippen LogP contribution is -1.94. The molecular formula is C11H12BrN3O2. The average molecular weight is 298 g/mol. The van der Waals surface area contributed by atoms with Crippen LogP contribution in [0.25, 0.3) is 11.3 Å². The third-order valence-electron chi connectivity index (χ3n) is 2.36. The number of anilines is 1. The van der Waals surface area contributed by atoms with Crippen molar-refractivity contribution in [2.24, 2.45) is 0 Å². The minimum atomic E-state index is 0.428. The van der Waals surface area contributed by atoms with Crippen molar-refractivity contribution in [2.45, 2.75) is 0 Å². The molecule has 0 aliphatic carbocycles. The molecule has 0 unspecified atom stereocenters. The monoisotopic (exact) mass is 297 g/mol. The highest BCUT2D eigenvalue weighted by Crippen LogP contribution is 2.42. The number of aromatic amines is 1. The van der Waals surface area contributed by atoms with E-state index in [0.717, 1.165) is 15.7 Å². The van der Waals surface area contributed by atoms with E-state index in [1.54, 1.807) is 20.3 Å². The average Bonchev–Trinajstić information content (AvgIpc) is 2.74. The molecule has 0 spiro atoms. The molecule has 0 radical (unpaired) electrons. The number of nitrogens with two attached hydrogens (primary N) is 1. The van der Waals surface area contributed by atoms with Gasteiger partial charge < -0.3 is 15.2 Å². The maximum atomic E-state index is 5.60. The number of hydrogen-bond donors (Lipinski definition) is 2. The van der Waals surface area contributed by atoms with Crippen molar-refractivity contribution in [3.05, 3.63) is 22.7 Å². The van der Waals surface area contributed by atoms with Gasteiger partial charge in [-0.1, -0.05) is 0 Å². The first-order valence-electron chi connectivity index (χ1n) is 4.89. The van der Waals surface area contributed by atoms with Crippen LogP contribution in [0.15, 0.2) is 22.7 Å². The van der Waals surface area contributed by atoms with Crippen molar-refractivity contribution >= 4 is 21.7 Å². The Bertz CT molecular complexity index is 540. The summed E-state index contributed by atoms with van der Waals surface area (Å²) < 4.78 is 11.5. The first-order valence-corrected chi connectivity index (χ1v) is 5.68. The first kappa shape index (κ1) is 11.8. The molecule has 0 saturated heterocycles. The van der Waals surface area contributed by atoms with E-state index in [4.69, 9.17) is 15.2 Å². The predicted octanol–water partition coefficient (Wildman–Crippen LogP) is 2.44. The fraction of sp³-hybridized carbons (Fsp3) is 0.182. The van der Waals surface area contributed by atoms with Crippen LogP contribution in [0.3, 0.4) is 0 Å². The maximum absolute atomic E-state index is 5.60. The second kappa shape index (κ2) is 4.67. The van der Waals surface area contributed by atoms with Crippen molar-refractivity contribution in [1.29, 1.82) is 0 Å². The van der Waals surface area contributed by atoms with Crippen molar-refractivity contribution in [1.82, 2.24) is 10.2 Å². The smallest absolute Gasteiger partial charge is 0.171 e. The molecule has 0 aliphatic heterocycles. The summed E-state index contributed by atoms with van der Waals surface area (Å²) in [5.74, 6) is 1.71. The van der Waals surface area contributed by atoms with Crippen LogP contribution in [-0.4, -0.2) is 24.4 Å². The summed E-state index contributed by atoms with van der Waals surface area (Å²) in [5, 5.41) is 6.75. The van der Waals surface area contributed by atoms with E-state index in [1.165, 1.54) is 0 Å². The van der Waals surface area contributed by atoms with Crippen LogP contribution in [0.5, 0.6) is 11.5 Å². The molecule has 0 atom stereocenters. The number of hydrogen-bond acceptors (Lipinski definition) is 4. The van der Waals surface area contributed by atoms with Crippen LogP contribution in [0.1, 0.15) is 0 Å². The Balaban J connectivity index is 2.66. The van der Waals surface area contributed by atoms with E-state index in [2.05, 4.69) is 26.1 Å². The Labute approximate surface area is 107 Å². The summed E-state index contributed by atoms with van der Waals surface area (Å²) in [7, 11) is 3.18. The molecule has 1 heterocycles. The second-order valence-corrected chi connectivity index (χ2v) is 4.22. The van der Waals surface area contributed by atoms with Gasteiger partial charge in [-0.3, -0.25) is 5.10 Å². The zero-order valence-corrected chi connectivity index (χ0v) is 11.0. The van der Waals surface area contributed by atoms with Crippen LogP contribution in [0.4, 0.5) is 5.82 Å². The number of ether oxygens (including phenoxy) is 2. The molecule has 17 heavy (non-hydrogen) atoms. The zero-order valence-electron chi connectivity index (χ0n) is 9.45. The molecule has 2 rings (SSSR count). The molecule has 2 aromatic rings. The molecule has 5 nitrogen and oxygen atoms in total. The molecule has 0 aliphatic rings. The third kappa shape index (κ3) is 2.08. The number of halogens is 1. The summed E-state index contributed by atoms with van der Waals surface area (Å²) in [6, 6.07) is 5.45. The minimum absolute atomic E-state index is 0.428. The Hall–Kier alpha value is -1.69. The number of aromatic nitrogens is 2. The van der Waals surface area contributed by atoms with Gasteiger partial charge in [-0.05, 0) is 28.1 Å². The topological polar surface area (TPSA) is 73.2 Å². The SMILES string of the molecule is COc1ccc(Br)c(-c2cc(N)n[nH]2)c1OC. The van der Waals surface area contributed by atoms with E-state index < -0.39 is 0 Å². The van der Waals surface area contributed by atoms with Gasteiger partial charge in [0.05, 0.1) is 25.5 Å². The summed E-state index contributed by atoms with van der Waals surface area (Å²) in [5.41, 5.74) is 7.20.